The molecule has 1 aliphatic carbocycles. The first-order valence-electron chi connectivity index (χ1n) is 8.28. The fraction of sp³-hybridized carbons (Fsp3) is 0.706. The smallest absolute Gasteiger partial charge is 0.305 e. The summed E-state index contributed by atoms with van der Waals surface area (Å²) in [5.41, 5.74) is 2.30. The molecule has 0 spiro atoms. The van der Waals surface area contributed by atoms with Crippen LogP contribution in [0, 0.1) is 19.8 Å². The Balaban J connectivity index is 2.05. The molecule has 0 radical (unpaired) electrons. The van der Waals surface area contributed by atoms with Crippen molar-refractivity contribution >= 4 is 11.9 Å². The van der Waals surface area contributed by atoms with Crippen molar-refractivity contribution in [3.63, 3.8) is 0 Å². The van der Waals surface area contributed by atoms with Gasteiger partial charge in [-0.3, -0.25) is 14.3 Å². The van der Waals surface area contributed by atoms with Gasteiger partial charge in [0.05, 0.1) is 24.1 Å². The second kappa shape index (κ2) is 6.72. The molecule has 0 aliphatic heterocycles. The summed E-state index contributed by atoms with van der Waals surface area (Å²) in [5, 5.41) is 16.5. The molecule has 6 heteroatoms. The topological polar surface area (TPSA) is 84.2 Å². The number of nitrogens with zero attached hydrogens (tertiary/aromatic N) is 2. The molecule has 6 nitrogen and oxygen atoms in total. The van der Waals surface area contributed by atoms with Crippen molar-refractivity contribution < 1.29 is 14.7 Å². The Hall–Kier alpha value is -1.85. The number of carbonyl (C=O) groups is 2. The summed E-state index contributed by atoms with van der Waals surface area (Å²) in [5.74, 6) is -0.480. The Kier molecular flexibility index (Phi) is 5.12. The van der Waals surface area contributed by atoms with Crippen molar-refractivity contribution in [3.8, 4) is 0 Å². The molecular weight excluding hydrogens is 294 g/mol. The van der Waals surface area contributed by atoms with Gasteiger partial charge < -0.3 is 10.4 Å². The Bertz CT molecular complexity index is 600. The predicted octanol–water partition coefficient (Wildman–Crippen LogP) is 2.21. The Morgan fingerprint density at radius 3 is 2.48 bits per heavy atom. The van der Waals surface area contributed by atoms with Crippen molar-refractivity contribution in [1.29, 1.82) is 0 Å². The van der Waals surface area contributed by atoms with E-state index in [0.29, 0.717) is 5.92 Å². The number of amides is 1. The van der Waals surface area contributed by atoms with E-state index in [2.05, 4.69) is 24.3 Å². The van der Waals surface area contributed by atoms with Crippen LogP contribution in [0.25, 0.3) is 0 Å². The van der Waals surface area contributed by atoms with Gasteiger partial charge in [-0.05, 0) is 39.0 Å². The van der Waals surface area contributed by atoms with Crippen LogP contribution in [-0.2, 0) is 22.6 Å². The number of aryl methyl sites for hydroxylation is 1. The lowest BCUT2D eigenvalue weighted by molar-refractivity contribution is -0.140. The normalized spacial score (nSPS) is 16.2. The van der Waals surface area contributed by atoms with Crippen LogP contribution in [0.5, 0.6) is 0 Å². The second-order valence-corrected chi connectivity index (χ2v) is 7.15. The number of carboxylic acids is 1. The highest BCUT2D eigenvalue weighted by molar-refractivity contribution is 5.81. The molecule has 0 aromatic carbocycles. The van der Waals surface area contributed by atoms with Gasteiger partial charge in [-0.1, -0.05) is 13.8 Å². The highest BCUT2D eigenvalue weighted by Crippen LogP contribution is 2.35. The monoisotopic (exact) mass is 321 g/mol. The SMILES string of the molecule is Cc1nn(CC(C)C)c(C)c1CC(=O)NC1(CC(=O)O)CCC1. The largest absolute Gasteiger partial charge is 0.481 e. The van der Waals surface area contributed by atoms with Crippen LogP contribution in [-0.4, -0.2) is 32.3 Å². The van der Waals surface area contributed by atoms with E-state index in [9.17, 15) is 9.59 Å². The van der Waals surface area contributed by atoms with E-state index in [1.54, 1.807) is 0 Å². The molecule has 0 saturated heterocycles. The average Bonchev–Trinajstić information content (AvgIpc) is 2.62. The van der Waals surface area contributed by atoms with Crippen molar-refractivity contribution in [2.75, 3.05) is 0 Å². The first-order valence-corrected chi connectivity index (χ1v) is 8.28. The van der Waals surface area contributed by atoms with E-state index in [4.69, 9.17) is 5.11 Å². The number of nitrogens with one attached hydrogen (secondary N) is 1. The molecule has 23 heavy (non-hydrogen) atoms. The third-order valence-corrected chi connectivity index (χ3v) is 4.61. The minimum absolute atomic E-state index is 0.00329. The molecule has 1 amide bonds. The zero-order chi connectivity index (χ0) is 17.2. The number of aromatic nitrogens is 2. The van der Waals surface area contributed by atoms with Crippen molar-refractivity contribution in [1.82, 2.24) is 15.1 Å². The molecule has 0 bridgehead atoms. The third kappa shape index (κ3) is 4.12. The minimum Gasteiger partial charge on any atom is -0.481 e. The number of hydrogen-bond acceptors (Lipinski definition) is 3. The highest BCUT2D eigenvalue weighted by Gasteiger charge is 2.40. The molecular formula is C17H27N3O3. The van der Waals surface area contributed by atoms with Crippen LogP contribution < -0.4 is 5.32 Å². The zero-order valence-electron chi connectivity index (χ0n) is 14.5. The van der Waals surface area contributed by atoms with E-state index >= 15 is 0 Å². The summed E-state index contributed by atoms with van der Waals surface area (Å²) >= 11 is 0. The second-order valence-electron chi connectivity index (χ2n) is 7.15. The number of aliphatic carboxylic acids is 1. The maximum absolute atomic E-state index is 12.4. The average molecular weight is 321 g/mol. The van der Waals surface area contributed by atoms with Crippen LogP contribution in [0.2, 0.25) is 0 Å². The molecule has 0 unspecified atom stereocenters. The Labute approximate surface area is 137 Å². The van der Waals surface area contributed by atoms with Gasteiger partial charge in [0.15, 0.2) is 0 Å². The van der Waals surface area contributed by atoms with E-state index in [0.717, 1.165) is 42.8 Å². The predicted molar refractivity (Wildman–Crippen MR) is 87.2 cm³/mol. The van der Waals surface area contributed by atoms with E-state index in [1.165, 1.54) is 0 Å². The molecule has 1 aliphatic rings. The molecule has 2 rings (SSSR count). The van der Waals surface area contributed by atoms with Crippen molar-refractivity contribution in [2.45, 2.75) is 71.9 Å². The number of carboxylic acid groups (broad SMARTS) is 1. The first-order chi connectivity index (χ1) is 10.7. The summed E-state index contributed by atoms with van der Waals surface area (Å²) < 4.78 is 1.96. The van der Waals surface area contributed by atoms with Gasteiger partial charge in [0.2, 0.25) is 5.91 Å². The van der Waals surface area contributed by atoms with Gasteiger partial charge in [0.25, 0.3) is 0 Å². The number of rotatable bonds is 7. The number of hydrogen-bond donors (Lipinski definition) is 2. The van der Waals surface area contributed by atoms with Crippen LogP contribution in [0.1, 0.15) is 56.5 Å². The fourth-order valence-electron chi connectivity index (χ4n) is 3.25. The van der Waals surface area contributed by atoms with Crippen LogP contribution in [0.15, 0.2) is 0 Å². The molecule has 2 N–H and O–H groups in total. The highest BCUT2D eigenvalue weighted by atomic mass is 16.4. The Morgan fingerprint density at radius 2 is 2.00 bits per heavy atom. The maximum Gasteiger partial charge on any atom is 0.305 e. The van der Waals surface area contributed by atoms with E-state index < -0.39 is 11.5 Å². The Morgan fingerprint density at radius 1 is 1.35 bits per heavy atom. The number of carbonyl (C=O) groups excluding carboxylic acids is 1. The molecule has 1 saturated carbocycles. The quantitative estimate of drug-likeness (QED) is 0.806. The van der Waals surface area contributed by atoms with Crippen molar-refractivity contribution in [2.24, 2.45) is 5.92 Å². The lowest BCUT2D eigenvalue weighted by atomic mass is 9.74. The van der Waals surface area contributed by atoms with Crippen molar-refractivity contribution in [3.05, 3.63) is 17.0 Å². The van der Waals surface area contributed by atoms with Gasteiger partial charge in [0.1, 0.15) is 0 Å². The van der Waals surface area contributed by atoms with Crippen LogP contribution in [0.4, 0.5) is 0 Å². The van der Waals surface area contributed by atoms with Crippen LogP contribution >= 0.6 is 0 Å². The van der Waals surface area contributed by atoms with E-state index in [-0.39, 0.29) is 18.7 Å². The molecule has 1 heterocycles. The lowest BCUT2D eigenvalue weighted by Gasteiger charge is -2.41. The van der Waals surface area contributed by atoms with E-state index in [1.807, 2.05) is 18.5 Å². The fourth-order valence-corrected chi connectivity index (χ4v) is 3.25. The van der Waals surface area contributed by atoms with Gasteiger partial charge in [-0.2, -0.15) is 5.10 Å². The summed E-state index contributed by atoms with van der Waals surface area (Å²) in [6, 6.07) is 0. The minimum atomic E-state index is -0.859. The molecule has 1 aromatic heterocycles. The standard InChI is InChI=1S/C17H27N3O3/c1-11(2)10-20-13(4)14(12(3)19-20)8-15(21)18-17(6-5-7-17)9-16(22)23/h11H,5-10H2,1-4H3,(H,18,21)(H,22,23). The van der Waals surface area contributed by atoms with Gasteiger partial charge >= 0.3 is 5.97 Å². The summed E-state index contributed by atoms with van der Waals surface area (Å²) in [6.07, 6.45) is 2.73. The lowest BCUT2D eigenvalue weighted by Crippen LogP contribution is -2.55. The summed E-state index contributed by atoms with van der Waals surface area (Å²) in [6.45, 7) is 9.01. The molecule has 0 atom stereocenters. The summed E-state index contributed by atoms with van der Waals surface area (Å²) in [7, 11) is 0. The van der Waals surface area contributed by atoms with Gasteiger partial charge in [0, 0.05) is 17.8 Å². The maximum atomic E-state index is 12.4. The van der Waals surface area contributed by atoms with Gasteiger partial charge in [-0.25, -0.2) is 0 Å². The molecule has 1 fully saturated rings. The molecule has 1 aromatic rings. The first kappa shape index (κ1) is 17.5. The summed E-state index contributed by atoms with van der Waals surface area (Å²) in [4.78, 5) is 23.4. The van der Waals surface area contributed by atoms with Gasteiger partial charge in [-0.15, -0.1) is 0 Å². The third-order valence-electron chi connectivity index (χ3n) is 4.61. The zero-order valence-corrected chi connectivity index (χ0v) is 14.5. The molecule has 128 valence electrons. The van der Waals surface area contributed by atoms with Crippen LogP contribution in [0.3, 0.4) is 0 Å².